The molecule has 0 radical (unpaired) electrons. The van der Waals surface area contributed by atoms with Gasteiger partial charge in [0.25, 0.3) is 5.91 Å². The van der Waals surface area contributed by atoms with E-state index in [9.17, 15) is 9.18 Å². The first-order valence-corrected chi connectivity index (χ1v) is 7.05. The molecule has 0 aliphatic carbocycles. The highest BCUT2D eigenvalue weighted by Gasteiger charge is 2.22. The Morgan fingerprint density at radius 2 is 2.16 bits per heavy atom. The monoisotopic (exact) mass is 280 g/mol. The van der Waals surface area contributed by atoms with Crippen molar-refractivity contribution in [1.82, 2.24) is 4.90 Å². The Morgan fingerprint density at radius 3 is 2.74 bits per heavy atom. The number of anilines is 1. The predicted molar refractivity (Wildman–Crippen MR) is 78.0 cm³/mol. The van der Waals surface area contributed by atoms with E-state index in [4.69, 9.17) is 5.73 Å². The Labute approximate surface area is 115 Å². The zero-order valence-corrected chi connectivity index (χ0v) is 12.1. The smallest absolute Gasteiger partial charge is 0.266 e. The third-order valence-corrected chi connectivity index (χ3v) is 4.28. The van der Waals surface area contributed by atoms with Crippen LogP contribution in [0.25, 0.3) is 10.1 Å². The fourth-order valence-corrected chi connectivity index (χ4v) is 3.18. The lowest BCUT2D eigenvalue weighted by Gasteiger charge is -2.24. The molecule has 0 saturated carbocycles. The number of nitrogen functional groups attached to an aromatic ring is 1. The molecule has 1 amide bonds. The van der Waals surface area contributed by atoms with Crippen LogP contribution in [-0.4, -0.2) is 23.4 Å². The van der Waals surface area contributed by atoms with Crippen LogP contribution >= 0.6 is 11.3 Å². The maximum atomic E-state index is 13.2. The molecule has 2 aromatic rings. The number of halogens is 1. The SMILES string of the molecule is CCN(C(=O)c1sc2ccc(F)cc2c1N)C(C)C. The molecule has 1 aromatic heterocycles. The van der Waals surface area contributed by atoms with Gasteiger partial charge in [0.15, 0.2) is 0 Å². The Kier molecular flexibility index (Phi) is 3.75. The minimum absolute atomic E-state index is 0.0865. The summed E-state index contributed by atoms with van der Waals surface area (Å²) in [6, 6.07) is 4.53. The number of hydrogen-bond acceptors (Lipinski definition) is 3. The zero-order valence-electron chi connectivity index (χ0n) is 11.2. The lowest BCUT2D eigenvalue weighted by atomic mass is 10.2. The van der Waals surface area contributed by atoms with Crippen molar-refractivity contribution in [1.29, 1.82) is 0 Å². The second-order valence-corrected chi connectivity index (χ2v) is 5.72. The summed E-state index contributed by atoms with van der Waals surface area (Å²) >= 11 is 1.32. The van der Waals surface area contributed by atoms with Gasteiger partial charge in [-0.15, -0.1) is 11.3 Å². The van der Waals surface area contributed by atoms with Gasteiger partial charge in [-0.05, 0) is 39.0 Å². The molecular formula is C14H17FN2OS. The number of fused-ring (bicyclic) bond motifs is 1. The van der Waals surface area contributed by atoms with E-state index in [0.29, 0.717) is 22.5 Å². The van der Waals surface area contributed by atoms with Crippen molar-refractivity contribution in [3.8, 4) is 0 Å². The van der Waals surface area contributed by atoms with Crippen LogP contribution in [-0.2, 0) is 0 Å². The van der Waals surface area contributed by atoms with Crippen molar-refractivity contribution >= 4 is 33.0 Å². The molecule has 0 aliphatic rings. The number of carbonyl (C=O) groups excluding carboxylic acids is 1. The Morgan fingerprint density at radius 1 is 1.47 bits per heavy atom. The van der Waals surface area contributed by atoms with Gasteiger partial charge in [-0.2, -0.15) is 0 Å². The maximum absolute atomic E-state index is 13.2. The average Bonchev–Trinajstić information content (AvgIpc) is 2.67. The van der Waals surface area contributed by atoms with Crippen LogP contribution in [0, 0.1) is 5.82 Å². The third-order valence-electron chi connectivity index (χ3n) is 3.11. The van der Waals surface area contributed by atoms with Crippen LogP contribution in [0.1, 0.15) is 30.4 Å². The summed E-state index contributed by atoms with van der Waals surface area (Å²) in [7, 11) is 0. The molecule has 0 spiro atoms. The van der Waals surface area contributed by atoms with E-state index in [0.717, 1.165) is 4.70 Å². The van der Waals surface area contributed by atoms with Crippen LogP contribution < -0.4 is 5.73 Å². The fourth-order valence-electron chi connectivity index (χ4n) is 2.12. The number of thiophene rings is 1. The highest BCUT2D eigenvalue weighted by Crippen LogP contribution is 2.35. The molecule has 102 valence electrons. The van der Waals surface area contributed by atoms with Crippen molar-refractivity contribution < 1.29 is 9.18 Å². The molecular weight excluding hydrogens is 263 g/mol. The van der Waals surface area contributed by atoms with Crippen molar-refractivity contribution in [3.63, 3.8) is 0 Å². The first kappa shape index (κ1) is 13.8. The summed E-state index contributed by atoms with van der Waals surface area (Å²) in [4.78, 5) is 14.7. The van der Waals surface area contributed by atoms with Crippen LogP contribution in [0.2, 0.25) is 0 Å². The van der Waals surface area contributed by atoms with Crippen molar-refractivity contribution in [3.05, 3.63) is 28.9 Å². The molecule has 0 atom stereocenters. The minimum Gasteiger partial charge on any atom is -0.397 e. The highest BCUT2D eigenvalue weighted by molar-refractivity contribution is 7.21. The number of carbonyl (C=O) groups is 1. The van der Waals surface area contributed by atoms with Gasteiger partial charge in [0.05, 0.1) is 5.69 Å². The molecule has 2 N–H and O–H groups in total. The fraction of sp³-hybridized carbons (Fsp3) is 0.357. The normalized spacial score (nSPS) is 11.2. The molecule has 0 aliphatic heterocycles. The van der Waals surface area contributed by atoms with Crippen LogP contribution in [0.4, 0.5) is 10.1 Å². The topological polar surface area (TPSA) is 46.3 Å². The van der Waals surface area contributed by atoms with E-state index in [2.05, 4.69) is 0 Å². The molecule has 3 nitrogen and oxygen atoms in total. The van der Waals surface area contributed by atoms with Crippen molar-refractivity contribution in [2.75, 3.05) is 12.3 Å². The third kappa shape index (κ3) is 2.42. The van der Waals surface area contributed by atoms with Gasteiger partial charge in [-0.25, -0.2) is 4.39 Å². The summed E-state index contributed by atoms with van der Waals surface area (Å²) in [5.41, 5.74) is 6.38. The Balaban J connectivity index is 2.51. The molecule has 0 bridgehead atoms. The standard InChI is InChI=1S/C14H17FN2OS/c1-4-17(8(2)3)14(18)13-12(16)10-7-9(15)5-6-11(10)19-13/h5-8H,4,16H2,1-3H3. The number of nitrogens with two attached hydrogens (primary N) is 1. The van der Waals surface area contributed by atoms with Gasteiger partial charge in [-0.3, -0.25) is 4.79 Å². The molecule has 0 fully saturated rings. The largest absolute Gasteiger partial charge is 0.397 e. The second-order valence-electron chi connectivity index (χ2n) is 4.67. The minimum atomic E-state index is -0.341. The van der Waals surface area contributed by atoms with E-state index < -0.39 is 0 Å². The van der Waals surface area contributed by atoms with Crippen molar-refractivity contribution in [2.45, 2.75) is 26.8 Å². The van der Waals surface area contributed by atoms with Gasteiger partial charge in [0.1, 0.15) is 10.7 Å². The lowest BCUT2D eigenvalue weighted by Crippen LogP contribution is -2.36. The van der Waals surface area contributed by atoms with Gasteiger partial charge < -0.3 is 10.6 Å². The van der Waals surface area contributed by atoms with Crippen LogP contribution in [0.5, 0.6) is 0 Å². The summed E-state index contributed by atoms with van der Waals surface area (Å²) in [6.45, 7) is 6.48. The second kappa shape index (κ2) is 5.17. The van der Waals surface area contributed by atoms with E-state index in [-0.39, 0.29) is 17.8 Å². The van der Waals surface area contributed by atoms with Gasteiger partial charge in [0.2, 0.25) is 0 Å². The summed E-state index contributed by atoms with van der Waals surface area (Å²) in [5, 5.41) is 0.619. The Hall–Kier alpha value is -1.62. The number of hydrogen-bond donors (Lipinski definition) is 1. The van der Waals surface area contributed by atoms with Crippen LogP contribution in [0.15, 0.2) is 18.2 Å². The molecule has 1 heterocycles. The van der Waals surface area contributed by atoms with Gasteiger partial charge in [0, 0.05) is 22.7 Å². The average molecular weight is 280 g/mol. The van der Waals surface area contributed by atoms with E-state index in [1.807, 2.05) is 20.8 Å². The predicted octanol–water partition coefficient (Wildman–Crippen LogP) is 3.49. The summed E-state index contributed by atoms with van der Waals surface area (Å²) in [6.07, 6.45) is 0. The van der Waals surface area contributed by atoms with E-state index in [1.54, 1.807) is 11.0 Å². The highest BCUT2D eigenvalue weighted by atomic mass is 32.1. The summed E-state index contributed by atoms with van der Waals surface area (Å²) in [5.74, 6) is -0.427. The first-order valence-electron chi connectivity index (χ1n) is 6.24. The summed E-state index contributed by atoms with van der Waals surface area (Å²) < 4.78 is 14.1. The molecule has 5 heteroatoms. The van der Waals surface area contributed by atoms with Gasteiger partial charge in [-0.1, -0.05) is 0 Å². The molecule has 1 aromatic carbocycles. The van der Waals surface area contributed by atoms with E-state index >= 15 is 0 Å². The maximum Gasteiger partial charge on any atom is 0.266 e. The number of benzene rings is 1. The van der Waals surface area contributed by atoms with Crippen LogP contribution in [0.3, 0.4) is 0 Å². The lowest BCUT2D eigenvalue weighted by molar-refractivity contribution is 0.0723. The molecule has 0 unspecified atom stereocenters. The van der Waals surface area contributed by atoms with Gasteiger partial charge >= 0.3 is 0 Å². The molecule has 0 saturated heterocycles. The quantitative estimate of drug-likeness (QED) is 0.935. The number of rotatable bonds is 3. The molecule has 2 rings (SSSR count). The Bertz CT molecular complexity index is 621. The van der Waals surface area contributed by atoms with Crippen molar-refractivity contribution in [2.24, 2.45) is 0 Å². The zero-order chi connectivity index (χ0) is 14.2. The number of nitrogens with zero attached hydrogens (tertiary/aromatic N) is 1. The van der Waals surface area contributed by atoms with E-state index in [1.165, 1.54) is 23.5 Å². The number of amides is 1. The molecule has 19 heavy (non-hydrogen) atoms. The first-order chi connectivity index (χ1) is 8.95.